The lowest BCUT2D eigenvalue weighted by atomic mass is 9.92. The monoisotopic (exact) mass is 390 g/mol. The molecular weight excluding hydrogens is 368 g/mol. The second kappa shape index (κ2) is 9.38. The molecule has 2 rings (SSSR count). The topological polar surface area (TPSA) is 55.6 Å². The second-order valence-electron chi connectivity index (χ2n) is 5.66. The summed E-state index contributed by atoms with van der Waals surface area (Å²) in [5.41, 5.74) is 5.80. The van der Waals surface area contributed by atoms with Crippen LogP contribution in [0.2, 0.25) is 0 Å². The molecule has 0 aromatic heterocycles. The molecule has 1 saturated heterocycles. The van der Waals surface area contributed by atoms with E-state index in [4.69, 9.17) is 10.5 Å². The first-order chi connectivity index (χ1) is 10.1. The summed E-state index contributed by atoms with van der Waals surface area (Å²) < 4.78 is 6.60. The van der Waals surface area contributed by atoms with Gasteiger partial charge >= 0.3 is 0 Å². The number of rotatable bonds is 5. The van der Waals surface area contributed by atoms with Crippen molar-refractivity contribution in [1.29, 1.82) is 0 Å². The van der Waals surface area contributed by atoms with Crippen molar-refractivity contribution in [2.24, 2.45) is 11.7 Å². The molecule has 1 aromatic rings. The van der Waals surface area contributed by atoms with Crippen molar-refractivity contribution in [2.45, 2.75) is 32.2 Å². The predicted molar refractivity (Wildman–Crippen MR) is 94.5 cm³/mol. The third-order valence-electron chi connectivity index (χ3n) is 3.95. The third-order valence-corrected chi connectivity index (χ3v) is 4.44. The highest BCUT2D eigenvalue weighted by atomic mass is 79.9. The number of hydrogen-bond donors (Lipinski definition) is 1. The van der Waals surface area contributed by atoms with Gasteiger partial charge in [0.1, 0.15) is 5.75 Å². The summed E-state index contributed by atoms with van der Waals surface area (Å²) in [6, 6.07) is 7.83. The minimum atomic E-state index is 0. The molecule has 2 N–H and O–H groups in total. The number of ether oxygens (including phenoxy) is 1. The minimum absolute atomic E-state index is 0. The number of benzene rings is 1. The fourth-order valence-corrected chi connectivity index (χ4v) is 3.14. The van der Waals surface area contributed by atoms with Crippen molar-refractivity contribution in [3.8, 4) is 5.75 Å². The van der Waals surface area contributed by atoms with E-state index >= 15 is 0 Å². The number of carbonyl (C=O) groups is 1. The summed E-state index contributed by atoms with van der Waals surface area (Å²) in [5.74, 6) is 1.58. The Morgan fingerprint density at radius 2 is 2.27 bits per heavy atom. The Bertz CT molecular complexity index is 487. The highest BCUT2D eigenvalue weighted by Crippen LogP contribution is 2.23. The van der Waals surface area contributed by atoms with Gasteiger partial charge in [0.15, 0.2) is 0 Å². The van der Waals surface area contributed by atoms with E-state index in [1.165, 1.54) is 0 Å². The molecular formula is C16H24BrClN2O2. The summed E-state index contributed by atoms with van der Waals surface area (Å²) >= 11 is 3.40. The predicted octanol–water partition coefficient (Wildman–Crippen LogP) is 3.23. The van der Waals surface area contributed by atoms with Gasteiger partial charge in [-0.25, -0.2) is 0 Å². The second-order valence-corrected chi connectivity index (χ2v) is 6.58. The number of halogens is 2. The van der Waals surface area contributed by atoms with Crippen LogP contribution in [0.3, 0.4) is 0 Å². The van der Waals surface area contributed by atoms with E-state index in [0.717, 1.165) is 29.6 Å². The van der Waals surface area contributed by atoms with Gasteiger partial charge in [-0.15, -0.1) is 12.4 Å². The molecule has 1 fully saturated rings. The normalized spacial score (nSPS) is 21.1. The van der Waals surface area contributed by atoms with Crippen molar-refractivity contribution < 1.29 is 9.53 Å². The molecule has 0 spiro atoms. The summed E-state index contributed by atoms with van der Waals surface area (Å²) in [5, 5.41) is 0. The van der Waals surface area contributed by atoms with Crippen molar-refractivity contribution in [3.05, 3.63) is 28.7 Å². The van der Waals surface area contributed by atoms with Crippen LogP contribution in [-0.2, 0) is 4.79 Å². The van der Waals surface area contributed by atoms with Crippen LogP contribution >= 0.6 is 28.3 Å². The van der Waals surface area contributed by atoms with Crippen LogP contribution in [0.25, 0.3) is 0 Å². The summed E-state index contributed by atoms with van der Waals surface area (Å²) in [6.07, 6.45) is 2.47. The standard InChI is InChI=1S/C16H23BrN2O2.ClH/c1-12-5-7-19(14(9-12)11-18)16(20)6-8-21-15-4-2-3-13(17)10-15;/h2-4,10,12,14H,5-9,11,18H2,1H3;1H. The van der Waals surface area contributed by atoms with Crippen LogP contribution in [0, 0.1) is 5.92 Å². The quantitative estimate of drug-likeness (QED) is 0.838. The molecule has 4 nitrogen and oxygen atoms in total. The maximum Gasteiger partial charge on any atom is 0.226 e. The molecule has 0 bridgehead atoms. The number of amides is 1. The van der Waals surface area contributed by atoms with Gasteiger partial charge in [-0.2, -0.15) is 0 Å². The van der Waals surface area contributed by atoms with Crippen LogP contribution in [0.4, 0.5) is 0 Å². The molecule has 0 saturated carbocycles. The van der Waals surface area contributed by atoms with Crippen LogP contribution in [0.1, 0.15) is 26.2 Å². The molecule has 22 heavy (non-hydrogen) atoms. The number of piperidine rings is 1. The number of likely N-dealkylation sites (tertiary alicyclic amines) is 1. The lowest BCUT2D eigenvalue weighted by Crippen LogP contribution is -2.49. The first kappa shape index (κ1) is 19.3. The van der Waals surface area contributed by atoms with Gasteiger partial charge < -0.3 is 15.4 Å². The zero-order valence-electron chi connectivity index (χ0n) is 12.8. The third kappa shape index (κ3) is 5.45. The summed E-state index contributed by atoms with van der Waals surface area (Å²) in [6.45, 7) is 3.99. The lowest BCUT2D eigenvalue weighted by molar-refractivity contribution is -0.135. The minimum Gasteiger partial charge on any atom is -0.493 e. The van der Waals surface area contributed by atoms with Crippen molar-refractivity contribution in [1.82, 2.24) is 4.90 Å². The average molecular weight is 392 g/mol. The summed E-state index contributed by atoms with van der Waals surface area (Å²) in [4.78, 5) is 14.2. The van der Waals surface area contributed by atoms with Crippen molar-refractivity contribution in [3.63, 3.8) is 0 Å². The molecule has 2 atom stereocenters. The van der Waals surface area contributed by atoms with Crippen molar-refractivity contribution in [2.75, 3.05) is 19.7 Å². The Hall–Kier alpha value is -0.780. The van der Waals surface area contributed by atoms with Gasteiger partial charge in [0, 0.05) is 23.6 Å². The van der Waals surface area contributed by atoms with Crippen LogP contribution < -0.4 is 10.5 Å². The Morgan fingerprint density at radius 3 is 2.95 bits per heavy atom. The molecule has 0 radical (unpaired) electrons. The Morgan fingerprint density at radius 1 is 1.50 bits per heavy atom. The van der Waals surface area contributed by atoms with Gasteiger partial charge in [-0.1, -0.05) is 28.9 Å². The maximum absolute atomic E-state index is 12.3. The molecule has 124 valence electrons. The fraction of sp³-hybridized carbons (Fsp3) is 0.562. The smallest absolute Gasteiger partial charge is 0.226 e. The van der Waals surface area contributed by atoms with E-state index in [0.29, 0.717) is 25.5 Å². The van der Waals surface area contributed by atoms with Gasteiger partial charge in [0.2, 0.25) is 5.91 Å². The van der Waals surface area contributed by atoms with Gasteiger partial charge in [-0.3, -0.25) is 4.79 Å². The molecule has 1 heterocycles. The number of hydrogen-bond acceptors (Lipinski definition) is 3. The molecule has 1 aliphatic rings. The Balaban J connectivity index is 0.00000242. The van der Waals surface area contributed by atoms with E-state index in [2.05, 4.69) is 22.9 Å². The van der Waals surface area contributed by atoms with Crippen LogP contribution in [0.5, 0.6) is 5.75 Å². The lowest BCUT2D eigenvalue weighted by Gasteiger charge is -2.38. The largest absolute Gasteiger partial charge is 0.493 e. The Kier molecular flexibility index (Phi) is 8.21. The van der Waals surface area contributed by atoms with E-state index in [1.807, 2.05) is 29.2 Å². The zero-order valence-corrected chi connectivity index (χ0v) is 15.2. The molecule has 1 amide bonds. The highest BCUT2D eigenvalue weighted by Gasteiger charge is 2.28. The maximum atomic E-state index is 12.3. The molecule has 1 aliphatic heterocycles. The van der Waals surface area contributed by atoms with E-state index in [1.54, 1.807) is 0 Å². The molecule has 6 heteroatoms. The number of nitrogens with two attached hydrogens (primary N) is 1. The van der Waals surface area contributed by atoms with Crippen LogP contribution in [0.15, 0.2) is 28.7 Å². The number of nitrogens with zero attached hydrogens (tertiary/aromatic N) is 1. The van der Waals surface area contributed by atoms with E-state index in [9.17, 15) is 4.79 Å². The van der Waals surface area contributed by atoms with E-state index < -0.39 is 0 Å². The first-order valence-corrected chi connectivity index (χ1v) is 8.27. The highest BCUT2D eigenvalue weighted by molar-refractivity contribution is 9.10. The fourth-order valence-electron chi connectivity index (χ4n) is 2.76. The molecule has 2 unspecified atom stereocenters. The molecule has 0 aliphatic carbocycles. The first-order valence-electron chi connectivity index (χ1n) is 7.48. The van der Waals surface area contributed by atoms with Gasteiger partial charge in [0.05, 0.1) is 13.0 Å². The average Bonchev–Trinajstić information content (AvgIpc) is 2.47. The van der Waals surface area contributed by atoms with Crippen LogP contribution in [-0.4, -0.2) is 36.5 Å². The SMILES string of the molecule is CC1CCN(C(=O)CCOc2cccc(Br)c2)C(CN)C1.Cl. The van der Waals surface area contributed by atoms with E-state index in [-0.39, 0.29) is 24.4 Å². The Labute approximate surface area is 146 Å². The van der Waals surface area contributed by atoms with Crippen molar-refractivity contribution >= 4 is 34.2 Å². The molecule has 1 aromatic carbocycles. The summed E-state index contributed by atoms with van der Waals surface area (Å²) in [7, 11) is 0. The van der Waals surface area contributed by atoms with Gasteiger partial charge in [0.25, 0.3) is 0 Å². The van der Waals surface area contributed by atoms with Gasteiger partial charge in [-0.05, 0) is 37.0 Å². The number of carbonyl (C=O) groups excluding carboxylic acids is 1. The zero-order chi connectivity index (χ0) is 15.2.